The molecule has 1 N–H and O–H groups in total. The molecule has 3 rings (SSSR count). The van der Waals surface area contributed by atoms with Gasteiger partial charge >= 0.3 is 0 Å². The van der Waals surface area contributed by atoms with Gasteiger partial charge in [0.2, 0.25) is 0 Å². The molecule has 0 aromatic heterocycles. The first-order valence-electron chi connectivity index (χ1n) is 11.1. The molecule has 11 heteroatoms. The second-order valence-corrected chi connectivity index (χ2v) is 10.8. The number of rotatable bonds is 10. The second-order valence-electron chi connectivity index (χ2n) is 8.05. The summed E-state index contributed by atoms with van der Waals surface area (Å²) in [4.78, 5) is 12.8. The van der Waals surface area contributed by atoms with E-state index in [0.717, 1.165) is 19.9 Å². The molecule has 0 bridgehead atoms. The van der Waals surface area contributed by atoms with Crippen molar-refractivity contribution < 1.29 is 27.4 Å². The number of aryl methyl sites for hydroxylation is 2. The summed E-state index contributed by atoms with van der Waals surface area (Å²) in [5.41, 5.74) is 5.08. The molecule has 37 heavy (non-hydrogen) atoms. The Labute approximate surface area is 225 Å². The zero-order valence-electron chi connectivity index (χ0n) is 21.1. The van der Waals surface area contributed by atoms with Gasteiger partial charge in [-0.3, -0.25) is 9.10 Å². The van der Waals surface area contributed by atoms with Gasteiger partial charge in [0.25, 0.3) is 15.9 Å². The lowest BCUT2D eigenvalue weighted by atomic mass is 10.1. The lowest BCUT2D eigenvalue weighted by Crippen LogP contribution is -2.39. The van der Waals surface area contributed by atoms with Crippen LogP contribution < -0.4 is 23.9 Å². The van der Waals surface area contributed by atoms with E-state index in [-0.39, 0.29) is 10.6 Å². The van der Waals surface area contributed by atoms with Crippen LogP contribution in [0.1, 0.15) is 16.7 Å². The minimum atomic E-state index is -4.17. The number of halogens is 1. The Morgan fingerprint density at radius 1 is 0.919 bits per heavy atom. The van der Waals surface area contributed by atoms with E-state index in [0.29, 0.717) is 22.7 Å². The highest BCUT2D eigenvalue weighted by atomic mass is 79.9. The Kier molecular flexibility index (Phi) is 9.17. The molecule has 0 spiro atoms. The maximum atomic E-state index is 13.8. The number of sulfonamides is 1. The third kappa shape index (κ3) is 6.80. The van der Waals surface area contributed by atoms with E-state index in [1.807, 2.05) is 26.0 Å². The van der Waals surface area contributed by atoms with E-state index >= 15 is 0 Å². The van der Waals surface area contributed by atoms with Crippen molar-refractivity contribution in [2.45, 2.75) is 18.7 Å². The van der Waals surface area contributed by atoms with Crippen LogP contribution in [0.2, 0.25) is 0 Å². The molecule has 3 aromatic rings. The van der Waals surface area contributed by atoms with Crippen molar-refractivity contribution in [3.05, 3.63) is 75.8 Å². The monoisotopic (exact) mass is 589 g/mol. The van der Waals surface area contributed by atoms with Gasteiger partial charge in [-0.05, 0) is 67.4 Å². The van der Waals surface area contributed by atoms with Gasteiger partial charge in [0.1, 0.15) is 12.3 Å². The number of benzene rings is 3. The molecule has 1 amide bonds. The molecular weight excluding hydrogens is 562 g/mol. The van der Waals surface area contributed by atoms with Gasteiger partial charge in [0.05, 0.1) is 38.1 Å². The highest BCUT2D eigenvalue weighted by molar-refractivity contribution is 9.10. The normalized spacial score (nSPS) is 11.3. The van der Waals surface area contributed by atoms with Crippen LogP contribution in [-0.4, -0.2) is 48.4 Å². The zero-order valence-corrected chi connectivity index (χ0v) is 23.5. The Balaban J connectivity index is 1.94. The Bertz CT molecular complexity index is 1410. The summed E-state index contributed by atoms with van der Waals surface area (Å²) in [5.74, 6) is 0.568. The number of ether oxygens (including phenoxy) is 3. The number of amides is 1. The smallest absolute Gasteiger partial charge is 0.264 e. The molecule has 9 nitrogen and oxygen atoms in total. The third-order valence-corrected chi connectivity index (χ3v) is 7.57. The van der Waals surface area contributed by atoms with Crippen LogP contribution in [0.15, 0.2) is 69.1 Å². The molecule has 0 aliphatic heterocycles. The van der Waals surface area contributed by atoms with E-state index < -0.39 is 22.5 Å². The van der Waals surface area contributed by atoms with Crippen LogP contribution >= 0.6 is 15.9 Å². The summed E-state index contributed by atoms with van der Waals surface area (Å²) in [6, 6.07) is 14.9. The van der Waals surface area contributed by atoms with Crippen LogP contribution in [0.4, 0.5) is 5.69 Å². The number of methoxy groups -OCH3 is 3. The topological polar surface area (TPSA) is 107 Å². The number of carbonyl (C=O) groups is 1. The molecular formula is C26H28BrN3O6S. The van der Waals surface area contributed by atoms with Crippen molar-refractivity contribution >= 4 is 43.8 Å². The average Bonchev–Trinajstić information content (AvgIpc) is 2.86. The van der Waals surface area contributed by atoms with Crippen molar-refractivity contribution in [1.29, 1.82) is 0 Å². The number of hydrazone groups is 1. The maximum Gasteiger partial charge on any atom is 0.264 e. The zero-order chi connectivity index (χ0) is 27.2. The standard InChI is InChI=1S/C26H28BrN3O6S/c1-17-10-18(2)12-21(11-17)30(37(32,33)22-7-9-24(35-4)25(14-22)36-5)16-26(31)29-28-15-19-13-20(27)6-8-23(19)34-3/h6-15H,16H2,1-5H3,(H,29,31)/b28-15-. The molecule has 0 aliphatic rings. The lowest BCUT2D eigenvalue weighted by Gasteiger charge is -2.25. The highest BCUT2D eigenvalue weighted by Gasteiger charge is 2.28. The van der Waals surface area contributed by atoms with Crippen molar-refractivity contribution in [3.63, 3.8) is 0 Å². The molecule has 196 valence electrons. The van der Waals surface area contributed by atoms with Gasteiger partial charge in [0.15, 0.2) is 11.5 Å². The SMILES string of the molecule is COc1ccc(Br)cc1/C=N\NC(=O)CN(c1cc(C)cc(C)c1)S(=O)(=O)c1ccc(OC)c(OC)c1. The van der Waals surface area contributed by atoms with Crippen LogP contribution in [-0.2, 0) is 14.8 Å². The fourth-order valence-electron chi connectivity index (χ4n) is 3.66. The first-order valence-corrected chi connectivity index (χ1v) is 13.3. The summed E-state index contributed by atoms with van der Waals surface area (Å²) < 4.78 is 45.2. The number of nitrogens with one attached hydrogen (secondary N) is 1. The van der Waals surface area contributed by atoms with E-state index in [1.54, 1.807) is 24.3 Å². The quantitative estimate of drug-likeness (QED) is 0.277. The fourth-order valence-corrected chi connectivity index (χ4v) is 5.46. The summed E-state index contributed by atoms with van der Waals surface area (Å²) in [6.07, 6.45) is 1.42. The Morgan fingerprint density at radius 2 is 1.54 bits per heavy atom. The van der Waals surface area contributed by atoms with E-state index in [1.165, 1.54) is 45.7 Å². The predicted octanol–water partition coefficient (Wildman–Crippen LogP) is 4.44. The summed E-state index contributed by atoms with van der Waals surface area (Å²) >= 11 is 3.39. The van der Waals surface area contributed by atoms with E-state index in [4.69, 9.17) is 14.2 Å². The average molecular weight is 590 g/mol. The molecule has 0 radical (unpaired) electrons. The van der Waals surface area contributed by atoms with Crippen LogP contribution in [0.3, 0.4) is 0 Å². The van der Waals surface area contributed by atoms with Crippen molar-refractivity contribution in [2.75, 3.05) is 32.2 Å². The van der Waals surface area contributed by atoms with E-state index in [2.05, 4.69) is 26.5 Å². The summed E-state index contributed by atoms with van der Waals surface area (Å²) in [5, 5.41) is 3.99. The van der Waals surface area contributed by atoms with Gasteiger partial charge in [-0.25, -0.2) is 13.8 Å². The fraction of sp³-hybridized carbons (Fsp3) is 0.231. The minimum Gasteiger partial charge on any atom is -0.496 e. The molecule has 0 saturated carbocycles. The maximum absolute atomic E-state index is 13.8. The van der Waals surface area contributed by atoms with Crippen molar-refractivity contribution in [1.82, 2.24) is 5.43 Å². The van der Waals surface area contributed by atoms with Crippen molar-refractivity contribution in [2.24, 2.45) is 5.10 Å². The number of carbonyl (C=O) groups excluding carboxylic acids is 1. The van der Waals surface area contributed by atoms with Gasteiger partial charge in [-0.2, -0.15) is 5.10 Å². The molecule has 0 heterocycles. The summed E-state index contributed by atoms with van der Waals surface area (Å²) in [6.45, 7) is 3.20. The Morgan fingerprint density at radius 3 is 2.16 bits per heavy atom. The largest absolute Gasteiger partial charge is 0.496 e. The molecule has 3 aromatic carbocycles. The van der Waals surface area contributed by atoms with Crippen LogP contribution in [0.5, 0.6) is 17.2 Å². The molecule has 0 unspecified atom stereocenters. The van der Waals surface area contributed by atoms with Gasteiger partial charge in [-0.1, -0.05) is 22.0 Å². The van der Waals surface area contributed by atoms with Crippen molar-refractivity contribution in [3.8, 4) is 17.2 Å². The van der Waals surface area contributed by atoms with Gasteiger partial charge in [-0.15, -0.1) is 0 Å². The highest BCUT2D eigenvalue weighted by Crippen LogP contribution is 2.32. The molecule has 0 saturated heterocycles. The third-order valence-electron chi connectivity index (χ3n) is 5.31. The number of hydrogen-bond acceptors (Lipinski definition) is 7. The molecule has 0 aliphatic carbocycles. The van der Waals surface area contributed by atoms with E-state index in [9.17, 15) is 13.2 Å². The first-order chi connectivity index (χ1) is 17.6. The van der Waals surface area contributed by atoms with Gasteiger partial charge < -0.3 is 14.2 Å². The number of anilines is 1. The minimum absolute atomic E-state index is 0.0560. The van der Waals surface area contributed by atoms with Gasteiger partial charge in [0, 0.05) is 16.1 Å². The lowest BCUT2D eigenvalue weighted by molar-refractivity contribution is -0.119. The van der Waals surface area contributed by atoms with Crippen LogP contribution in [0, 0.1) is 13.8 Å². The Hall–Kier alpha value is -3.57. The molecule has 0 fully saturated rings. The number of hydrogen-bond donors (Lipinski definition) is 1. The number of nitrogens with zero attached hydrogens (tertiary/aromatic N) is 2. The first kappa shape index (κ1) is 28.0. The van der Waals surface area contributed by atoms with Crippen LogP contribution in [0.25, 0.3) is 0 Å². The predicted molar refractivity (Wildman–Crippen MR) is 146 cm³/mol. The summed E-state index contributed by atoms with van der Waals surface area (Å²) in [7, 11) is 0.232. The second kappa shape index (κ2) is 12.1. The molecule has 0 atom stereocenters.